The summed E-state index contributed by atoms with van der Waals surface area (Å²) in [6.07, 6.45) is 1.09. The van der Waals surface area contributed by atoms with Crippen LogP contribution < -0.4 is 0 Å². The summed E-state index contributed by atoms with van der Waals surface area (Å²) in [7, 11) is 0. The Balaban J connectivity index is 1.75. The van der Waals surface area contributed by atoms with Gasteiger partial charge in [0.25, 0.3) is 0 Å². The molecule has 0 amide bonds. The predicted molar refractivity (Wildman–Crippen MR) is 85.8 cm³/mol. The molecule has 0 saturated carbocycles. The molecule has 3 rings (SSSR count). The van der Waals surface area contributed by atoms with Crippen LogP contribution in [0.5, 0.6) is 0 Å². The topological polar surface area (TPSA) is 60.8 Å². The Hall–Kier alpha value is -1.69. The van der Waals surface area contributed by atoms with Gasteiger partial charge >= 0.3 is 5.97 Å². The minimum absolute atomic E-state index is 0.547. The molecule has 1 aromatic heterocycles. The fraction of sp³-hybridized carbons (Fsp3) is 0.353. The summed E-state index contributed by atoms with van der Waals surface area (Å²) in [4.78, 5) is 13.6. The number of thiophene rings is 1. The fourth-order valence-corrected chi connectivity index (χ4v) is 3.81. The van der Waals surface area contributed by atoms with Gasteiger partial charge in [-0.15, -0.1) is 0 Å². The molecule has 116 valence electrons. The molecule has 1 saturated heterocycles. The van der Waals surface area contributed by atoms with Gasteiger partial charge in [0.2, 0.25) is 0 Å². The molecule has 4 nitrogen and oxygen atoms in total. The smallest absolute Gasteiger partial charge is 0.325 e. The second-order valence-corrected chi connectivity index (χ2v) is 6.51. The monoisotopic (exact) mass is 317 g/mol. The molecule has 0 bridgehead atoms. The van der Waals surface area contributed by atoms with E-state index in [1.54, 1.807) is 0 Å². The number of hydrogen-bond donors (Lipinski definition) is 2. The molecular weight excluding hydrogens is 298 g/mol. The van der Waals surface area contributed by atoms with Crippen LogP contribution in [0.3, 0.4) is 0 Å². The minimum atomic E-state index is -0.852. The first-order chi connectivity index (χ1) is 10.6. The zero-order valence-electron chi connectivity index (χ0n) is 12.2. The van der Waals surface area contributed by atoms with Crippen LogP contribution >= 0.6 is 11.3 Å². The number of benzene rings is 1. The third-order valence-electron chi connectivity index (χ3n) is 4.39. The number of carboxylic acids is 1. The van der Waals surface area contributed by atoms with E-state index in [-0.39, 0.29) is 0 Å². The molecule has 1 aliphatic rings. The second-order valence-electron chi connectivity index (χ2n) is 5.73. The van der Waals surface area contributed by atoms with Crippen LogP contribution in [0.15, 0.2) is 47.2 Å². The van der Waals surface area contributed by atoms with Crippen molar-refractivity contribution in [3.8, 4) is 0 Å². The Morgan fingerprint density at radius 1 is 1.18 bits per heavy atom. The number of aliphatic hydroxyl groups is 1. The van der Waals surface area contributed by atoms with Crippen LogP contribution in [-0.4, -0.2) is 34.2 Å². The summed E-state index contributed by atoms with van der Waals surface area (Å²) < 4.78 is 0. The van der Waals surface area contributed by atoms with Gasteiger partial charge in [0.15, 0.2) is 0 Å². The highest BCUT2D eigenvalue weighted by Gasteiger charge is 2.38. The lowest BCUT2D eigenvalue weighted by atomic mass is 9.84. The molecule has 1 aromatic carbocycles. The summed E-state index contributed by atoms with van der Waals surface area (Å²) in [6, 6.07) is 10.9. The van der Waals surface area contributed by atoms with Crippen molar-refractivity contribution in [3.63, 3.8) is 0 Å². The SMILES string of the molecule is O=C(O)[C@H](c1ccsc1)N1CCC(O)(c2ccccc2)CC1. The Bertz CT molecular complexity index is 619. The van der Waals surface area contributed by atoms with Gasteiger partial charge in [-0.25, -0.2) is 0 Å². The molecule has 22 heavy (non-hydrogen) atoms. The molecule has 1 atom stereocenters. The molecule has 0 unspecified atom stereocenters. The molecule has 0 aliphatic carbocycles. The van der Waals surface area contributed by atoms with Crippen molar-refractivity contribution in [2.45, 2.75) is 24.5 Å². The molecule has 1 aliphatic heterocycles. The highest BCUT2D eigenvalue weighted by molar-refractivity contribution is 7.08. The quantitative estimate of drug-likeness (QED) is 0.910. The molecule has 2 aromatic rings. The van der Waals surface area contributed by atoms with Crippen molar-refractivity contribution in [1.29, 1.82) is 0 Å². The fourth-order valence-electron chi connectivity index (χ4n) is 3.13. The van der Waals surface area contributed by atoms with E-state index in [4.69, 9.17) is 0 Å². The largest absolute Gasteiger partial charge is 0.480 e. The van der Waals surface area contributed by atoms with Gasteiger partial charge in [-0.3, -0.25) is 9.69 Å². The first kappa shape index (κ1) is 15.2. The number of rotatable bonds is 4. The Morgan fingerprint density at radius 2 is 1.86 bits per heavy atom. The average molecular weight is 317 g/mol. The number of carboxylic acid groups (broad SMARTS) is 1. The second kappa shape index (κ2) is 6.20. The number of likely N-dealkylation sites (tertiary alicyclic amines) is 1. The first-order valence-electron chi connectivity index (χ1n) is 7.37. The molecule has 5 heteroatoms. The van der Waals surface area contributed by atoms with Crippen LogP contribution in [0.2, 0.25) is 0 Å². The third kappa shape index (κ3) is 2.92. The van der Waals surface area contributed by atoms with Crippen LogP contribution in [-0.2, 0) is 10.4 Å². The van der Waals surface area contributed by atoms with Gasteiger partial charge < -0.3 is 10.2 Å². The van der Waals surface area contributed by atoms with Gasteiger partial charge in [-0.1, -0.05) is 30.3 Å². The zero-order chi connectivity index (χ0) is 15.6. The predicted octanol–water partition coefficient (Wildman–Crippen LogP) is 2.86. The van der Waals surface area contributed by atoms with Gasteiger partial charge in [0.05, 0.1) is 5.60 Å². The number of carbonyl (C=O) groups is 1. The molecule has 1 fully saturated rings. The minimum Gasteiger partial charge on any atom is -0.480 e. The van der Waals surface area contributed by atoms with Crippen LogP contribution in [0.1, 0.15) is 30.0 Å². The highest BCUT2D eigenvalue weighted by atomic mass is 32.1. The molecule has 2 N–H and O–H groups in total. The van der Waals surface area contributed by atoms with E-state index in [0.29, 0.717) is 25.9 Å². The molecule has 0 radical (unpaired) electrons. The van der Waals surface area contributed by atoms with Gasteiger partial charge in [0.1, 0.15) is 6.04 Å². The Morgan fingerprint density at radius 3 is 2.41 bits per heavy atom. The highest BCUT2D eigenvalue weighted by Crippen LogP contribution is 2.36. The van der Waals surface area contributed by atoms with Crippen LogP contribution in [0.25, 0.3) is 0 Å². The summed E-state index contributed by atoms with van der Waals surface area (Å²) >= 11 is 1.51. The van der Waals surface area contributed by atoms with Gasteiger partial charge in [-0.05, 0) is 40.8 Å². The normalized spacial score (nSPS) is 19.7. The van der Waals surface area contributed by atoms with Crippen LogP contribution in [0, 0.1) is 0 Å². The standard InChI is InChI=1S/C17H19NO3S/c19-16(20)15(13-6-11-22-12-13)18-9-7-17(21,8-10-18)14-4-2-1-3-5-14/h1-6,11-12,15,21H,7-10H2,(H,19,20)/t15-/m0/s1. The van der Waals surface area contributed by atoms with E-state index in [1.807, 2.05) is 52.1 Å². The maximum Gasteiger partial charge on any atom is 0.325 e. The third-order valence-corrected chi connectivity index (χ3v) is 5.10. The maximum atomic E-state index is 11.6. The molecule has 0 spiro atoms. The summed E-state index contributed by atoms with van der Waals surface area (Å²) in [5, 5.41) is 24.2. The van der Waals surface area contributed by atoms with E-state index in [0.717, 1.165) is 11.1 Å². The molecule has 2 heterocycles. The number of aliphatic carboxylic acids is 1. The number of nitrogens with zero attached hydrogens (tertiary/aromatic N) is 1. The first-order valence-corrected chi connectivity index (χ1v) is 8.31. The molecular formula is C17H19NO3S. The average Bonchev–Trinajstić information content (AvgIpc) is 3.04. The summed E-state index contributed by atoms with van der Waals surface area (Å²) in [6.45, 7) is 1.14. The summed E-state index contributed by atoms with van der Waals surface area (Å²) in [5.41, 5.74) is 0.884. The number of hydrogen-bond acceptors (Lipinski definition) is 4. The van der Waals surface area contributed by atoms with Crippen molar-refractivity contribution in [1.82, 2.24) is 4.90 Å². The Kier molecular flexibility index (Phi) is 4.29. The summed E-state index contributed by atoms with van der Waals surface area (Å²) in [5.74, 6) is -0.830. The number of piperidine rings is 1. The lowest BCUT2D eigenvalue weighted by Crippen LogP contribution is -2.45. The van der Waals surface area contributed by atoms with Crippen molar-refractivity contribution in [2.24, 2.45) is 0 Å². The lowest BCUT2D eigenvalue weighted by molar-refractivity contribution is -0.145. The van der Waals surface area contributed by atoms with E-state index in [1.165, 1.54) is 11.3 Å². The van der Waals surface area contributed by atoms with Gasteiger partial charge in [-0.2, -0.15) is 11.3 Å². The lowest BCUT2D eigenvalue weighted by Gasteiger charge is -2.40. The maximum absolute atomic E-state index is 11.6. The van der Waals surface area contributed by atoms with E-state index in [9.17, 15) is 15.0 Å². The Labute approximate surface area is 133 Å². The van der Waals surface area contributed by atoms with Crippen molar-refractivity contribution >= 4 is 17.3 Å². The van der Waals surface area contributed by atoms with Crippen molar-refractivity contribution < 1.29 is 15.0 Å². The van der Waals surface area contributed by atoms with Gasteiger partial charge in [0, 0.05) is 13.1 Å². The van der Waals surface area contributed by atoms with E-state index >= 15 is 0 Å². The van der Waals surface area contributed by atoms with Crippen LogP contribution in [0.4, 0.5) is 0 Å². The van der Waals surface area contributed by atoms with E-state index in [2.05, 4.69) is 0 Å². The zero-order valence-corrected chi connectivity index (χ0v) is 13.0. The van der Waals surface area contributed by atoms with Crippen molar-refractivity contribution in [3.05, 3.63) is 58.3 Å². The van der Waals surface area contributed by atoms with Crippen molar-refractivity contribution in [2.75, 3.05) is 13.1 Å². The van der Waals surface area contributed by atoms with E-state index < -0.39 is 17.6 Å².